The zero-order valence-corrected chi connectivity index (χ0v) is 16.6. The first-order valence-corrected chi connectivity index (χ1v) is 9.72. The number of aliphatic hydroxyl groups excluding tert-OH is 1. The van der Waals surface area contributed by atoms with Crippen LogP contribution in [0.2, 0.25) is 0 Å². The number of carbonyl (C=O) groups excluding carboxylic acids is 2. The second-order valence-corrected chi connectivity index (χ2v) is 7.86. The molecule has 2 rings (SSSR count). The van der Waals surface area contributed by atoms with Crippen molar-refractivity contribution in [2.24, 2.45) is 11.7 Å². The van der Waals surface area contributed by atoms with Gasteiger partial charge in [-0.05, 0) is 30.9 Å². The van der Waals surface area contributed by atoms with Gasteiger partial charge in [0.25, 0.3) is 0 Å². The van der Waals surface area contributed by atoms with Gasteiger partial charge in [-0.25, -0.2) is 13.2 Å². The Bertz CT molecular complexity index is 745. The van der Waals surface area contributed by atoms with Gasteiger partial charge in [-0.1, -0.05) is 13.8 Å². The summed E-state index contributed by atoms with van der Waals surface area (Å²) >= 11 is 0. The normalized spacial score (nSPS) is 20.6. The van der Waals surface area contributed by atoms with E-state index in [4.69, 9.17) is 5.73 Å². The van der Waals surface area contributed by atoms with Crippen LogP contribution in [0.3, 0.4) is 0 Å². The van der Waals surface area contributed by atoms with Crippen LogP contribution in [0.5, 0.6) is 0 Å². The number of hydrogen-bond acceptors (Lipinski definition) is 4. The minimum Gasteiger partial charge on any atom is -0.391 e. The second kappa shape index (κ2) is 10.1. The van der Waals surface area contributed by atoms with E-state index in [0.717, 1.165) is 6.07 Å². The van der Waals surface area contributed by atoms with Crippen LogP contribution in [0.15, 0.2) is 12.1 Å². The topological polar surface area (TPSA) is 95.7 Å². The lowest BCUT2D eigenvalue weighted by molar-refractivity contribution is -0.138. The van der Waals surface area contributed by atoms with Crippen molar-refractivity contribution in [2.75, 3.05) is 13.1 Å². The van der Waals surface area contributed by atoms with Gasteiger partial charge in [0, 0.05) is 43.6 Å². The first-order chi connectivity index (χ1) is 13.6. The van der Waals surface area contributed by atoms with E-state index in [1.807, 2.05) is 0 Å². The molecule has 1 unspecified atom stereocenters. The summed E-state index contributed by atoms with van der Waals surface area (Å²) in [5.41, 5.74) is 5.84. The van der Waals surface area contributed by atoms with Gasteiger partial charge in [-0.15, -0.1) is 0 Å². The summed E-state index contributed by atoms with van der Waals surface area (Å²) in [6, 6.07) is 0.102. The lowest BCUT2D eigenvalue weighted by Crippen LogP contribution is -2.54. The molecular formula is C20H28F3N3O3. The molecule has 1 aromatic rings. The van der Waals surface area contributed by atoms with Crippen molar-refractivity contribution >= 4 is 11.8 Å². The molecule has 1 aliphatic rings. The summed E-state index contributed by atoms with van der Waals surface area (Å²) in [6.45, 7) is 3.91. The fraction of sp³-hybridized carbons (Fsp3) is 0.600. The number of likely N-dealkylation sites (tertiary alicyclic amines) is 1. The van der Waals surface area contributed by atoms with Gasteiger partial charge >= 0.3 is 0 Å². The summed E-state index contributed by atoms with van der Waals surface area (Å²) in [7, 11) is 0. The molecule has 0 aromatic heterocycles. The third-order valence-corrected chi connectivity index (χ3v) is 5.05. The number of halogens is 3. The Morgan fingerprint density at radius 2 is 1.86 bits per heavy atom. The van der Waals surface area contributed by atoms with Crippen LogP contribution in [0.1, 0.15) is 38.7 Å². The summed E-state index contributed by atoms with van der Waals surface area (Å²) in [4.78, 5) is 26.0. The van der Waals surface area contributed by atoms with Gasteiger partial charge in [0.05, 0.1) is 6.10 Å². The number of nitrogens with two attached hydrogens (primary N) is 1. The van der Waals surface area contributed by atoms with Crippen LogP contribution in [0.4, 0.5) is 13.2 Å². The Balaban J connectivity index is 1.99. The number of rotatable bonds is 7. The fourth-order valence-electron chi connectivity index (χ4n) is 3.36. The van der Waals surface area contributed by atoms with Gasteiger partial charge in [-0.2, -0.15) is 0 Å². The van der Waals surface area contributed by atoms with Gasteiger partial charge in [0.15, 0.2) is 11.6 Å². The van der Waals surface area contributed by atoms with Crippen molar-refractivity contribution in [3.05, 3.63) is 35.1 Å². The van der Waals surface area contributed by atoms with Crippen LogP contribution < -0.4 is 11.1 Å². The molecule has 1 heterocycles. The quantitative estimate of drug-likeness (QED) is 0.588. The number of benzene rings is 1. The van der Waals surface area contributed by atoms with E-state index in [1.165, 1.54) is 4.90 Å². The Morgan fingerprint density at radius 1 is 1.21 bits per heavy atom. The van der Waals surface area contributed by atoms with Crippen LogP contribution >= 0.6 is 0 Å². The number of piperidine rings is 1. The molecule has 0 radical (unpaired) electrons. The zero-order chi connectivity index (χ0) is 21.7. The molecule has 9 heteroatoms. The molecule has 1 aromatic carbocycles. The van der Waals surface area contributed by atoms with Gasteiger partial charge in [0.1, 0.15) is 5.82 Å². The Morgan fingerprint density at radius 3 is 2.52 bits per heavy atom. The minimum absolute atomic E-state index is 0.108. The van der Waals surface area contributed by atoms with E-state index < -0.39 is 29.6 Å². The monoisotopic (exact) mass is 415 g/mol. The smallest absolute Gasteiger partial charge is 0.224 e. The molecule has 2 amide bonds. The summed E-state index contributed by atoms with van der Waals surface area (Å²) in [5.74, 6) is -4.05. The van der Waals surface area contributed by atoms with Crippen molar-refractivity contribution in [3.8, 4) is 0 Å². The minimum atomic E-state index is -1.29. The molecule has 0 bridgehead atoms. The predicted octanol–water partition coefficient (Wildman–Crippen LogP) is 1.49. The predicted molar refractivity (Wildman–Crippen MR) is 101 cm³/mol. The van der Waals surface area contributed by atoms with Crippen LogP contribution in [0, 0.1) is 23.4 Å². The van der Waals surface area contributed by atoms with Gasteiger partial charge in [-0.3, -0.25) is 9.59 Å². The molecular weight excluding hydrogens is 387 g/mol. The van der Waals surface area contributed by atoms with Crippen LogP contribution in [0.25, 0.3) is 0 Å². The fourth-order valence-corrected chi connectivity index (χ4v) is 3.36. The molecule has 0 spiro atoms. The first-order valence-electron chi connectivity index (χ1n) is 9.72. The largest absolute Gasteiger partial charge is 0.391 e. The lowest BCUT2D eigenvalue weighted by Gasteiger charge is -2.38. The number of β-amino-alcohol motifs (C(OH)–C–C–N with tert-alkyl or cyclic N) is 1. The highest BCUT2D eigenvalue weighted by Crippen LogP contribution is 2.20. The summed E-state index contributed by atoms with van der Waals surface area (Å²) < 4.78 is 40.2. The van der Waals surface area contributed by atoms with Crippen molar-refractivity contribution < 1.29 is 27.9 Å². The van der Waals surface area contributed by atoms with Crippen LogP contribution in [-0.4, -0.2) is 53.1 Å². The summed E-state index contributed by atoms with van der Waals surface area (Å²) in [5, 5.41) is 12.7. The highest BCUT2D eigenvalue weighted by atomic mass is 19.2. The van der Waals surface area contributed by atoms with Gasteiger partial charge in [0.2, 0.25) is 11.8 Å². The number of amides is 2. The standard InChI is InChI=1S/C20H28F3N3O3/c1-11(2)20(29)25-9-14-3-4-15(27)10-26(14)19(28)7-13(24)5-12-6-17(22)18(23)8-16(12)21/h6,8,11,13-15,27H,3-5,7,9-10,24H2,1-2H3,(H,25,29)/t13-,14+,15?/m1/s1. The Hall–Kier alpha value is -2.13. The number of hydrogen-bond donors (Lipinski definition) is 3. The maximum absolute atomic E-state index is 13.8. The highest BCUT2D eigenvalue weighted by Gasteiger charge is 2.32. The lowest BCUT2D eigenvalue weighted by atomic mass is 9.97. The molecule has 1 saturated heterocycles. The van der Waals surface area contributed by atoms with Crippen molar-refractivity contribution in [3.63, 3.8) is 0 Å². The molecule has 0 aliphatic carbocycles. The Labute approximate surface area is 168 Å². The maximum atomic E-state index is 13.8. The summed E-state index contributed by atoms with van der Waals surface area (Å²) in [6.07, 6.45) is 0.0757. The van der Waals surface area contributed by atoms with E-state index in [0.29, 0.717) is 18.9 Å². The average molecular weight is 415 g/mol. The van der Waals surface area contributed by atoms with E-state index in [9.17, 15) is 27.9 Å². The van der Waals surface area contributed by atoms with E-state index >= 15 is 0 Å². The first kappa shape index (κ1) is 23.2. The Kier molecular flexibility index (Phi) is 8.04. The SMILES string of the molecule is CC(C)C(=O)NC[C@@H]1CCC(O)CN1C(=O)C[C@H](N)Cc1cc(F)c(F)cc1F. The second-order valence-electron chi connectivity index (χ2n) is 7.86. The van der Waals surface area contributed by atoms with Crippen molar-refractivity contribution in [1.29, 1.82) is 0 Å². The number of nitrogens with zero attached hydrogens (tertiary/aromatic N) is 1. The molecule has 1 fully saturated rings. The molecule has 3 atom stereocenters. The number of carbonyl (C=O) groups is 2. The number of nitrogens with one attached hydrogen (secondary N) is 1. The van der Waals surface area contributed by atoms with Gasteiger partial charge < -0.3 is 21.1 Å². The molecule has 0 saturated carbocycles. The molecule has 6 nitrogen and oxygen atoms in total. The average Bonchev–Trinajstić information content (AvgIpc) is 2.64. The van der Waals surface area contributed by atoms with Crippen molar-refractivity contribution in [2.45, 2.75) is 57.7 Å². The van der Waals surface area contributed by atoms with E-state index in [1.54, 1.807) is 13.8 Å². The molecule has 4 N–H and O–H groups in total. The molecule has 29 heavy (non-hydrogen) atoms. The highest BCUT2D eigenvalue weighted by molar-refractivity contribution is 5.79. The maximum Gasteiger partial charge on any atom is 0.224 e. The van der Waals surface area contributed by atoms with E-state index in [-0.39, 0.29) is 55.3 Å². The molecule has 1 aliphatic heterocycles. The molecule has 162 valence electrons. The third kappa shape index (κ3) is 6.43. The van der Waals surface area contributed by atoms with E-state index in [2.05, 4.69) is 5.32 Å². The van der Waals surface area contributed by atoms with Crippen LogP contribution in [-0.2, 0) is 16.0 Å². The zero-order valence-electron chi connectivity index (χ0n) is 16.6. The number of aliphatic hydroxyl groups is 1. The van der Waals surface area contributed by atoms with Crippen molar-refractivity contribution in [1.82, 2.24) is 10.2 Å². The third-order valence-electron chi connectivity index (χ3n) is 5.05.